The van der Waals surface area contributed by atoms with Crippen LogP contribution in [0.3, 0.4) is 0 Å². The normalized spacial score (nSPS) is 12.0. The van der Waals surface area contributed by atoms with E-state index in [0.29, 0.717) is 5.69 Å². The number of hydrogen-bond acceptors (Lipinski definition) is 5. The molecule has 0 fully saturated rings. The zero-order valence-corrected chi connectivity index (χ0v) is 16.1. The molecule has 1 unspecified atom stereocenters. The van der Waals surface area contributed by atoms with Crippen molar-refractivity contribution in [2.24, 2.45) is 5.92 Å². The van der Waals surface area contributed by atoms with Gasteiger partial charge in [0.1, 0.15) is 12.3 Å². The van der Waals surface area contributed by atoms with E-state index in [2.05, 4.69) is 15.7 Å². The lowest BCUT2D eigenvalue weighted by atomic mass is 9.96. The van der Waals surface area contributed by atoms with Crippen LogP contribution in [0, 0.1) is 5.92 Å². The maximum Gasteiger partial charge on any atom is 0.368 e. The quantitative estimate of drug-likeness (QED) is 0.675. The third kappa shape index (κ3) is 4.28. The van der Waals surface area contributed by atoms with Gasteiger partial charge in [-0.15, -0.1) is 0 Å². The predicted octanol–water partition coefficient (Wildman–Crippen LogP) is 1.95. The summed E-state index contributed by atoms with van der Waals surface area (Å²) in [5.41, 5.74) is 1.09. The Labute approximate surface area is 162 Å². The Kier molecular flexibility index (Phi) is 5.88. The summed E-state index contributed by atoms with van der Waals surface area (Å²) < 4.78 is 7.39. The van der Waals surface area contributed by atoms with Gasteiger partial charge in [0.05, 0.1) is 18.8 Å². The minimum atomic E-state index is -0.466. The number of tetrazole rings is 1. The van der Waals surface area contributed by atoms with Crippen LogP contribution in [0.2, 0.25) is 0 Å². The number of nitrogens with one attached hydrogen (secondary N) is 1. The molecule has 3 rings (SSSR count). The van der Waals surface area contributed by atoms with Crippen LogP contribution in [0.1, 0.15) is 25.5 Å². The summed E-state index contributed by atoms with van der Waals surface area (Å²) in [6, 6.07) is 16.3. The zero-order valence-electron chi connectivity index (χ0n) is 16.1. The van der Waals surface area contributed by atoms with Crippen LogP contribution >= 0.6 is 0 Å². The lowest BCUT2D eigenvalue weighted by molar-refractivity contribution is -0.123. The molecule has 0 saturated heterocycles. The van der Waals surface area contributed by atoms with Crippen LogP contribution in [0.4, 0.5) is 0 Å². The van der Waals surface area contributed by atoms with Crippen molar-refractivity contribution in [2.45, 2.75) is 26.4 Å². The number of methoxy groups -OCH3 is 1. The first-order chi connectivity index (χ1) is 13.5. The lowest BCUT2D eigenvalue weighted by Crippen LogP contribution is -2.37. The van der Waals surface area contributed by atoms with Crippen molar-refractivity contribution in [1.29, 1.82) is 0 Å². The first-order valence-corrected chi connectivity index (χ1v) is 9.01. The highest BCUT2D eigenvalue weighted by Gasteiger charge is 2.20. The summed E-state index contributed by atoms with van der Waals surface area (Å²) in [5, 5.41) is 10.7. The van der Waals surface area contributed by atoms with Gasteiger partial charge in [-0.05, 0) is 46.2 Å². The summed E-state index contributed by atoms with van der Waals surface area (Å²) in [5.74, 6) is 0.604. The average molecular weight is 381 g/mol. The number of benzene rings is 2. The van der Waals surface area contributed by atoms with E-state index in [-0.39, 0.29) is 24.4 Å². The number of carbonyl (C=O) groups is 1. The van der Waals surface area contributed by atoms with Gasteiger partial charge < -0.3 is 10.1 Å². The Balaban J connectivity index is 1.73. The van der Waals surface area contributed by atoms with Crippen molar-refractivity contribution in [3.63, 3.8) is 0 Å². The smallest absolute Gasteiger partial charge is 0.368 e. The van der Waals surface area contributed by atoms with Crippen LogP contribution < -0.4 is 15.7 Å². The highest BCUT2D eigenvalue weighted by atomic mass is 16.5. The molecule has 0 radical (unpaired) electrons. The Bertz CT molecular complexity index is 977. The van der Waals surface area contributed by atoms with Crippen molar-refractivity contribution in [3.05, 3.63) is 70.6 Å². The molecule has 0 spiro atoms. The molecule has 1 N–H and O–H groups in total. The van der Waals surface area contributed by atoms with E-state index in [1.807, 2.05) is 44.2 Å². The number of para-hydroxylation sites is 1. The largest absolute Gasteiger partial charge is 0.497 e. The number of nitrogens with zero attached hydrogens (tertiary/aromatic N) is 4. The fraction of sp³-hybridized carbons (Fsp3) is 0.300. The second-order valence-electron chi connectivity index (χ2n) is 6.73. The van der Waals surface area contributed by atoms with Crippen molar-refractivity contribution in [3.8, 4) is 11.4 Å². The third-order valence-electron chi connectivity index (χ3n) is 4.39. The number of ether oxygens (including phenoxy) is 1. The Hall–Kier alpha value is -3.42. The van der Waals surface area contributed by atoms with Crippen LogP contribution in [-0.2, 0) is 11.3 Å². The Morgan fingerprint density at radius 2 is 1.75 bits per heavy atom. The van der Waals surface area contributed by atoms with E-state index in [1.54, 1.807) is 31.4 Å². The summed E-state index contributed by atoms with van der Waals surface area (Å²) in [6.07, 6.45) is 0. The number of hydrogen-bond donors (Lipinski definition) is 1. The number of amides is 1. The van der Waals surface area contributed by atoms with Gasteiger partial charge in [0.15, 0.2) is 0 Å². The number of rotatable bonds is 7. The average Bonchev–Trinajstić information content (AvgIpc) is 3.07. The van der Waals surface area contributed by atoms with Gasteiger partial charge in [-0.3, -0.25) is 4.79 Å². The molecule has 146 valence electrons. The molecule has 2 aromatic carbocycles. The van der Waals surface area contributed by atoms with Crippen molar-refractivity contribution in [2.75, 3.05) is 7.11 Å². The highest BCUT2D eigenvalue weighted by molar-refractivity contribution is 5.76. The van der Waals surface area contributed by atoms with Gasteiger partial charge in [0, 0.05) is 0 Å². The summed E-state index contributed by atoms with van der Waals surface area (Å²) in [6.45, 7) is 3.84. The van der Waals surface area contributed by atoms with Crippen LogP contribution in [0.5, 0.6) is 5.75 Å². The van der Waals surface area contributed by atoms with E-state index >= 15 is 0 Å². The van der Waals surface area contributed by atoms with Gasteiger partial charge in [-0.2, -0.15) is 9.36 Å². The monoisotopic (exact) mass is 381 g/mol. The van der Waals surface area contributed by atoms with Gasteiger partial charge >= 0.3 is 5.69 Å². The van der Waals surface area contributed by atoms with E-state index in [9.17, 15) is 9.59 Å². The molecule has 0 bridgehead atoms. The number of carbonyl (C=O) groups excluding carboxylic acids is 1. The standard InChI is InChI=1S/C20H23N5O3/c1-14(2)19(15-9-11-17(28-3)12-10-15)21-18(26)13-24-20(27)25(23-22-24)16-7-5-4-6-8-16/h4-12,14,19H,13H2,1-3H3,(H,21,26). The van der Waals surface area contributed by atoms with Crippen LogP contribution in [-0.4, -0.2) is 32.8 Å². The molecule has 1 atom stereocenters. The summed E-state index contributed by atoms with van der Waals surface area (Å²) >= 11 is 0. The van der Waals surface area contributed by atoms with Crippen LogP contribution in [0.25, 0.3) is 5.69 Å². The van der Waals surface area contributed by atoms with Crippen molar-refractivity contribution < 1.29 is 9.53 Å². The fourth-order valence-corrected chi connectivity index (χ4v) is 2.91. The van der Waals surface area contributed by atoms with E-state index < -0.39 is 5.69 Å². The van der Waals surface area contributed by atoms with E-state index in [4.69, 9.17) is 4.74 Å². The van der Waals surface area contributed by atoms with Gasteiger partial charge in [-0.1, -0.05) is 44.2 Å². The molecule has 1 amide bonds. The second kappa shape index (κ2) is 8.51. The molecule has 8 nitrogen and oxygen atoms in total. The first kappa shape index (κ1) is 19.3. The molecule has 0 aliphatic heterocycles. The highest BCUT2D eigenvalue weighted by Crippen LogP contribution is 2.23. The third-order valence-corrected chi connectivity index (χ3v) is 4.39. The van der Waals surface area contributed by atoms with Crippen molar-refractivity contribution in [1.82, 2.24) is 25.1 Å². The number of aromatic nitrogens is 4. The molecule has 0 aliphatic rings. The van der Waals surface area contributed by atoms with E-state index in [1.165, 1.54) is 0 Å². The molecule has 0 aliphatic carbocycles. The van der Waals surface area contributed by atoms with Gasteiger partial charge in [0.2, 0.25) is 5.91 Å². The molecule has 1 heterocycles. The Morgan fingerprint density at radius 3 is 2.36 bits per heavy atom. The lowest BCUT2D eigenvalue weighted by Gasteiger charge is -2.23. The second-order valence-corrected chi connectivity index (χ2v) is 6.73. The fourth-order valence-electron chi connectivity index (χ4n) is 2.91. The van der Waals surface area contributed by atoms with Crippen LogP contribution in [0.15, 0.2) is 59.4 Å². The van der Waals surface area contributed by atoms with Gasteiger partial charge in [-0.25, -0.2) is 4.79 Å². The molecular weight excluding hydrogens is 358 g/mol. The summed E-state index contributed by atoms with van der Waals surface area (Å²) in [4.78, 5) is 25.0. The zero-order chi connectivity index (χ0) is 20.1. The minimum absolute atomic E-state index is 0.161. The maximum absolute atomic E-state index is 12.5. The Morgan fingerprint density at radius 1 is 1.07 bits per heavy atom. The molecule has 0 saturated carbocycles. The summed E-state index contributed by atoms with van der Waals surface area (Å²) in [7, 11) is 1.61. The topological polar surface area (TPSA) is 91.0 Å². The van der Waals surface area contributed by atoms with Crippen molar-refractivity contribution >= 4 is 5.91 Å². The minimum Gasteiger partial charge on any atom is -0.497 e. The SMILES string of the molecule is COc1ccc(C(NC(=O)Cn2nnn(-c3ccccc3)c2=O)C(C)C)cc1. The first-order valence-electron chi connectivity index (χ1n) is 9.01. The molecular formula is C20H23N5O3. The molecule has 8 heteroatoms. The predicted molar refractivity (Wildman–Crippen MR) is 104 cm³/mol. The molecule has 3 aromatic rings. The maximum atomic E-state index is 12.5. The molecule has 28 heavy (non-hydrogen) atoms. The van der Waals surface area contributed by atoms with Gasteiger partial charge in [0.25, 0.3) is 0 Å². The van der Waals surface area contributed by atoms with E-state index in [0.717, 1.165) is 20.7 Å². The molecule has 1 aromatic heterocycles.